The van der Waals surface area contributed by atoms with Crippen LogP contribution in [0.2, 0.25) is 0 Å². The van der Waals surface area contributed by atoms with Gasteiger partial charge in [-0.1, -0.05) is 17.4 Å². The Labute approximate surface area is 94.0 Å². The molecule has 1 N–H and O–H groups in total. The van der Waals surface area contributed by atoms with E-state index in [-0.39, 0.29) is 5.82 Å². The van der Waals surface area contributed by atoms with E-state index in [9.17, 15) is 4.79 Å². The van der Waals surface area contributed by atoms with Crippen LogP contribution >= 0.6 is 11.3 Å². The Morgan fingerprint density at radius 2 is 2.25 bits per heavy atom. The van der Waals surface area contributed by atoms with Crippen LogP contribution in [0.25, 0.3) is 15.2 Å². The number of carboxylic acid groups (broad SMARTS) is 1. The standard InChI is InChI=1S/C10H7N3O2S/c1-5-2-3-6-7(4-5)16-10-12-11-8(9(14)15)13(6)10/h2-4H,1H3,(H,14,15). The lowest BCUT2D eigenvalue weighted by atomic mass is 10.2. The highest BCUT2D eigenvalue weighted by Crippen LogP contribution is 2.26. The van der Waals surface area contributed by atoms with Crippen LogP contribution in [0, 0.1) is 6.92 Å². The zero-order chi connectivity index (χ0) is 11.3. The van der Waals surface area contributed by atoms with Crippen LogP contribution < -0.4 is 0 Å². The Kier molecular flexibility index (Phi) is 1.75. The van der Waals surface area contributed by atoms with E-state index in [1.807, 2.05) is 25.1 Å². The summed E-state index contributed by atoms with van der Waals surface area (Å²) in [6.07, 6.45) is 0. The first kappa shape index (κ1) is 9.29. The van der Waals surface area contributed by atoms with Crippen LogP contribution in [-0.4, -0.2) is 25.7 Å². The zero-order valence-electron chi connectivity index (χ0n) is 8.34. The van der Waals surface area contributed by atoms with Gasteiger partial charge >= 0.3 is 5.97 Å². The zero-order valence-corrected chi connectivity index (χ0v) is 9.15. The van der Waals surface area contributed by atoms with E-state index in [1.165, 1.54) is 11.3 Å². The molecular formula is C10H7N3O2S. The molecule has 0 atom stereocenters. The molecule has 0 unspecified atom stereocenters. The van der Waals surface area contributed by atoms with Crippen molar-refractivity contribution in [2.24, 2.45) is 0 Å². The maximum atomic E-state index is 11.0. The maximum Gasteiger partial charge on any atom is 0.374 e. The predicted octanol–water partition coefficient (Wildman–Crippen LogP) is 1.95. The number of hydrogen-bond acceptors (Lipinski definition) is 4. The average Bonchev–Trinajstić information content (AvgIpc) is 2.74. The van der Waals surface area contributed by atoms with Crippen molar-refractivity contribution in [1.82, 2.24) is 14.6 Å². The summed E-state index contributed by atoms with van der Waals surface area (Å²) < 4.78 is 2.59. The Morgan fingerprint density at radius 3 is 3.00 bits per heavy atom. The molecule has 0 amide bonds. The van der Waals surface area contributed by atoms with Gasteiger partial charge in [0.1, 0.15) is 0 Å². The summed E-state index contributed by atoms with van der Waals surface area (Å²) in [6.45, 7) is 2.00. The van der Waals surface area contributed by atoms with Crippen LogP contribution in [0.4, 0.5) is 0 Å². The van der Waals surface area contributed by atoms with Crippen molar-refractivity contribution < 1.29 is 9.90 Å². The highest BCUT2D eigenvalue weighted by Gasteiger charge is 2.17. The highest BCUT2D eigenvalue weighted by molar-refractivity contribution is 7.23. The second kappa shape index (κ2) is 3.02. The summed E-state index contributed by atoms with van der Waals surface area (Å²) in [5.41, 5.74) is 1.98. The molecule has 0 aliphatic rings. The number of hydrogen-bond donors (Lipinski definition) is 1. The summed E-state index contributed by atoms with van der Waals surface area (Å²) in [5.74, 6) is -1.10. The van der Waals surface area contributed by atoms with Crippen molar-refractivity contribution in [3.05, 3.63) is 29.6 Å². The Morgan fingerprint density at radius 1 is 1.44 bits per heavy atom. The third-order valence-electron chi connectivity index (χ3n) is 2.38. The summed E-state index contributed by atoms with van der Waals surface area (Å²) in [6, 6.07) is 5.85. The molecule has 80 valence electrons. The molecule has 0 saturated carbocycles. The minimum Gasteiger partial charge on any atom is -0.475 e. The predicted molar refractivity (Wildman–Crippen MR) is 60.1 cm³/mol. The van der Waals surface area contributed by atoms with E-state index in [1.54, 1.807) is 4.40 Å². The molecule has 0 radical (unpaired) electrons. The van der Waals surface area contributed by atoms with Gasteiger partial charge in [0.25, 0.3) is 0 Å². The molecule has 2 heterocycles. The third-order valence-corrected chi connectivity index (χ3v) is 3.38. The summed E-state index contributed by atoms with van der Waals surface area (Å²) in [7, 11) is 0. The first-order valence-electron chi connectivity index (χ1n) is 4.64. The van der Waals surface area contributed by atoms with Crippen molar-refractivity contribution in [2.75, 3.05) is 0 Å². The number of aryl methyl sites for hydroxylation is 1. The Balaban J connectivity index is 2.50. The lowest BCUT2D eigenvalue weighted by molar-refractivity contribution is 0.0682. The molecule has 1 aromatic carbocycles. The molecule has 16 heavy (non-hydrogen) atoms. The fourth-order valence-corrected chi connectivity index (χ4v) is 2.74. The summed E-state index contributed by atoms with van der Waals surface area (Å²) in [4.78, 5) is 11.6. The number of carbonyl (C=O) groups is 1. The number of aromatic carboxylic acids is 1. The molecule has 5 nitrogen and oxygen atoms in total. The summed E-state index contributed by atoms with van der Waals surface area (Å²) >= 11 is 1.44. The number of rotatable bonds is 1. The van der Waals surface area contributed by atoms with Crippen LogP contribution in [-0.2, 0) is 0 Å². The third kappa shape index (κ3) is 1.13. The molecule has 0 saturated heterocycles. The van der Waals surface area contributed by atoms with Crippen LogP contribution in [0.5, 0.6) is 0 Å². The number of aromatic nitrogens is 3. The lowest BCUT2D eigenvalue weighted by Gasteiger charge is -1.94. The van der Waals surface area contributed by atoms with E-state index < -0.39 is 5.97 Å². The van der Waals surface area contributed by atoms with Crippen molar-refractivity contribution in [2.45, 2.75) is 6.92 Å². The number of fused-ring (bicyclic) bond motifs is 3. The smallest absolute Gasteiger partial charge is 0.374 e. The van der Waals surface area contributed by atoms with Crippen molar-refractivity contribution >= 4 is 32.5 Å². The second-order valence-corrected chi connectivity index (χ2v) is 4.53. The van der Waals surface area contributed by atoms with Gasteiger partial charge < -0.3 is 5.11 Å². The molecular weight excluding hydrogens is 226 g/mol. The van der Waals surface area contributed by atoms with Crippen LogP contribution in [0.1, 0.15) is 16.2 Å². The first-order valence-corrected chi connectivity index (χ1v) is 5.46. The topological polar surface area (TPSA) is 67.5 Å². The van der Waals surface area contributed by atoms with E-state index >= 15 is 0 Å². The molecule has 0 bridgehead atoms. The van der Waals surface area contributed by atoms with Gasteiger partial charge in [-0.2, -0.15) is 0 Å². The fourth-order valence-electron chi connectivity index (χ4n) is 1.68. The highest BCUT2D eigenvalue weighted by atomic mass is 32.1. The quantitative estimate of drug-likeness (QED) is 0.697. The number of thiazole rings is 1. The monoisotopic (exact) mass is 233 g/mol. The number of benzene rings is 1. The molecule has 3 aromatic rings. The summed E-state index contributed by atoms with van der Waals surface area (Å²) in [5, 5.41) is 16.5. The molecule has 0 fully saturated rings. The van der Waals surface area contributed by atoms with Gasteiger partial charge in [-0.3, -0.25) is 4.40 Å². The SMILES string of the molecule is Cc1ccc2c(c1)sc1nnc(C(=O)O)n12. The van der Waals surface area contributed by atoms with Gasteiger partial charge in [0.15, 0.2) is 0 Å². The van der Waals surface area contributed by atoms with Crippen LogP contribution in [0.15, 0.2) is 18.2 Å². The molecule has 6 heteroatoms. The number of carboxylic acids is 1. The molecule has 3 rings (SSSR count). The first-order chi connectivity index (χ1) is 7.66. The van der Waals surface area contributed by atoms with Crippen molar-refractivity contribution in [3.8, 4) is 0 Å². The van der Waals surface area contributed by atoms with Gasteiger partial charge in [-0.25, -0.2) is 4.79 Å². The van der Waals surface area contributed by atoms with E-state index in [0.29, 0.717) is 4.96 Å². The van der Waals surface area contributed by atoms with Gasteiger partial charge in [0, 0.05) is 0 Å². The lowest BCUT2D eigenvalue weighted by Crippen LogP contribution is -2.02. The molecule has 0 aliphatic heterocycles. The van der Waals surface area contributed by atoms with Gasteiger partial charge in [-0.15, -0.1) is 10.2 Å². The van der Waals surface area contributed by atoms with E-state index in [2.05, 4.69) is 10.2 Å². The van der Waals surface area contributed by atoms with Crippen molar-refractivity contribution in [3.63, 3.8) is 0 Å². The molecule has 0 spiro atoms. The fraction of sp³-hybridized carbons (Fsp3) is 0.100. The molecule has 0 aliphatic carbocycles. The maximum absolute atomic E-state index is 11.0. The Hall–Kier alpha value is -1.95. The second-order valence-electron chi connectivity index (χ2n) is 3.52. The average molecular weight is 233 g/mol. The largest absolute Gasteiger partial charge is 0.475 e. The van der Waals surface area contributed by atoms with Crippen LogP contribution in [0.3, 0.4) is 0 Å². The minimum absolute atomic E-state index is 0.0369. The van der Waals surface area contributed by atoms with Crippen molar-refractivity contribution in [1.29, 1.82) is 0 Å². The number of nitrogens with zero attached hydrogens (tertiary/aromatic N) is 3. The normalized spacial score (nSPS) is 11.3. The van der Waals surface area contributed by atoms with Gasteiger partial charge in [0.05, 0.1) is 10.2 Å². The van der Waals surface area contributed by atoms with E-state index in [4.69, 9.17) is 5.11 Å². The Bertz CT molecular complexity index is 713. The van der Waals surface area contributed by atoms with Gasteiger partial charge in [0.2, 0.25) is 10.8 Å². The van der Waals surface area contributed by atoms with Gasteiger partial charge in [-0.05, 0) is 24.6 Å². The van der Waals surface area contributed by atoms with E-state index in [0.717, 1.165) is 15.8 Å². The minimum atomic E-state index is -1.06. The molecule has 2 aromatic heterocycles.